The molecular weight excluding hydrogens is 414 g/mol. The van der Waals surface area contributed by atoms with Gasteiger partial charge >= 0.3 is 12.0 Å². The lowest BCUT2D eigenvalue weighted by atomic mass is 9.77. The highest BCUT2D eigenvalue weighted by Crippen LogP contribution is 2.50. The van der Waals surface area contributed by atoms with Crippen LogP contribution in [0.2, 0.25) is 0 Å². The number of urea groups is 1. The van der Waals surface area contributed by atoms with Crippen molar-refractivity contribution in [1.29, 1.82) is 5.26 Å². The van der Waals surface area contributed by atoms with Crippen LogP contribution < -0.4 is 16.4 Å². The molecule has 0 bridgehead atoms. The highest BCUT2D eigenvalue weighted by atomic mass is 16.4. The highest BCUT2D eigenvalue weighted by Gasteiger charge is 2.67. The number of unbranched alkanes of at least 4 members (excludes halogenated alkanes) is 1. The summed E-state index contributed by atoms with van der Waals surface area (Å²) in [6.07, 6.45) is 1.69. The molecule has 0 aromatic heterocycles. The van der Waals surface area contributed by atoms with Gasteiger partial charge in [-0.3, -0.25) is 24.6 Å². The number of carboxylic acids is 1. The van der Waals surface area contributed by atoms with Gasteiger partial charge in [0.2, 0.25) is 11.8 Å². The SMILES string of the molecule is CCCCN1C(=O)C2C(c3ccc(C#N)cc3)NC(CCCNC(N)=O)(C(=O)O)C2C1=O. The van der Waals surface area contributed by atoms with E-state index in [1.165, 1.54) is 4.90 Å². The van der Waals surface area contributed by atoms with E-state index < -0.39 is 41.3 Å². The van der Waals surface area contributed by atoms with Crippen LogP contribution in [-0.2, 0) is 14.4 Å². The number of carboxylic acid groups (broad SMARTS) is 1. The van der Waals surface area contributed by atoms with Gasteiger partial charge in [0.1, 0.15) is 5.54 Å². The van der Waals surface area contributed by atoms with E-state index in [0.717, 1.165) is 6.42 Å². The van der Waals surface area contributed by atoms with Gasteiger partial charge in [-0.2, -0.15) is 5.26 Å². The van der Waals surface area contributed by atoms with Gasteiger partial charge in [0.25, 0.3) is 0 Å². The molecule has 4 atom stereocenters. The summed E-state index contributed by atoms with van der Waals surface area (Å²) in [5.41, 5.74) is 4.48. The van der Waals surface area contributed by atoms with E-state index in [1.54, 1.807) is 24.3 Å². The molecule has 1 aromatic rings. The first-order valence-electron chi connectivity index (χ1n) is 10.7. The molecule has 32 heavy (non-hydrogen) atoms. The van der Waals surface area contributed by atoms with E-state index in [2.05, 4.69) is 10.6 Å². The third-order valence-corrected chi connectivity index (χ3v) is 6.31. The van der Waals surface area contributed by atoms with Crippen LogP contribution in [0, 0.1) is 23.2 Å². The minimum atomic E-state index is -1.67. The van der Waals surface area contributed by atoms with E-state index in [0.29, 0.717) is 17.5 Å². The van der Waals surface area contributed by atoms with E-state index in [-0.39, 0.29) is 31.8 Å². The molecule has 0 aliphatic carbocycles. The molecule has 0 radical (unpaired) electrons. The minimum absolute atomic E-state index is 0.0250. The maximum atomic E-state index is 13.3. The molecule has 4 unspecified atom stereocenters. The summed E-state index contributed by atoms with van der Waals surface area (Å²) in [4.78, 5) is 51.3. The Bertz CT molecular complexity index is 956. The second-order valence-corrected chi connectivity index (χ2v) is 8.21. The van der Waals surface area contributed by atoms with Gasteiger partial charge in [-0.1, -0.05) is 25.5 Å². The Balaban J connectivity index is 2.00. The van der Waals surface area contributed by atoms with Crippen LogP contribution in [0.4, 0.5) is 4.79 Å². The van der Waals surface area contributed by atoms with Gasteiger partial charge in [0.15, 0.2) is 0 Å². The number of hydrogen-bond acceptors (Lipinski definition) is 6. The van der Waals surface area contributed by atoms with Crippen LogP contribution in [0.5, 0.6) is 0 Å². The smallest absolute Gasteiger partial charge is 0.324 e. The number of aliphatic carboxylic acids is 1. The third kappa shape index (κ3) is 4.03. The molecule has 10 nitrogen and oxygen atoms in total. The zero-order valence-electron chi connectivity index (χ0n) is 17.8. The van der Waals surface area contributed by atoms with Crippen molar-refractivity contribution in [1.82, 2.24) is 15.5 Å². The molecule has 2 saturated heterocycles. The van der Waals surface area contributed by atoms with Gasteiger partial charge in [-0.25, -0.2) is 4.79 Å². The van der Waals surface area contributed by atoms with E-state index in [9.17, 15) is 24.3 Å². The number of nitrogens with zero attached hydrogens (tertiary/aromatic N) is 2. The van der Waals surface area contributed by atoms with Crippen molar-refractivity contribution in [2.24, 2.45) is 17.6 Å². The summed E-state index contributed by atoms with van der Waals surface area (Å²) >= 11 is 0. The average Bonchev–Trinajstić information content (AvgIpc) is 3.24. The average molecular weight is 441 g/mol. The first-order chi connectivity index (χ1) is 15.3. The largest absolute Gasteiger partial charge is 0.480 e. The van der Waals surface area contributed by atoms with E-state index in [1.807, 2.05) is 13.0 Å². The molecule has 2 heterocycles. The fourth-order valence-corrected chi connectivity index (χ4v) is 4.76. The number of rotatable bonds is 9. The standard InChI is InChI=1S/C22H27N5O5/c1-2-3-11-27-18(28)15-16(19(27)29)22(20(30)31,9-4-10-25-21(24)32)26-17(15)14-7-5-13(12-23)6-8-14/h5-8,15-17,26H,2-4,9-11H2,1H3,(H,30,31)(H3,24,25,32). The Morgan fingerprint density at radius 3 is 2.50 bits per heavy atom. The van der Waals surface area contributed by atoms with Gasteiger partial charge in [-0.15, -0.1) is 0 Å². The number of amides is 4. The second-order valence-electron chi connectivity index (χ2n) is 8.21. The molecule has 170 valence electrons. The summed E-state index contributed by atoms with van der Waals surface area (Å²) in [7, 11) is 0. The van der Waals surface area contributed by atoms with E-state index in [4.69, 9.17) is 11.0 Å². The number of carbonyl (C=O) groups excluding carboxylic acids is 3. The Hall–Kier alpha value is -3.45. The number of primary amides is 1. The summed E-state index contributed by atoms with van der Waals surface area (Å²) in [5, 5.41) is 24.8. The predicted octanol–water partition coefficient (Wildman–Crippen LogP) is 0.876. The lowest BCUT2D eigenvalue weighted by molar-refractivity contribution is -0.151. The number of benzene rings is 1. The monoisotopic (exact) mass is 441 g/mol. The molecule has 3 rings (SSSR count). The van der Waals surface area contributed by atoms with Crippen molar-refractivity contribution in [2.75, 3.05) is 13.1 Å². The molecule has 4 amide bonds. The fraction of sp³-hybridized carbons (Fsp3) is 0.500. The third-order valence-electron chi connectivity index (χ3n) is 6.31. The minimum Gasteiger partial charge on any atom is -0.480 e. The van der Waals surface area contributed by atoms with Crippen LogP contribution >= 0.6 is 0 Å². The van der Waals surface area contributed by atoms with Crippen molar-refractivity contribution in [3.63, 3.8) is 0 Å². The summed E-state index contributed by atoms with van der Waals surface area (Å²) < 4.78 is 0. The number of nitrogens with one attached hydrogen (secondary N) is 2. The Morgan fingerprint density at radius 2 is 1.94 bits per heavy atom. The maximum Gasteiger partial charge on any atom is 0.324 e. The Morgan fingerprint density at radius 1 is 1.25 bits per heavy atom. The molecular formula is C22H27N5O5. The second kappa shape index (κ2) is 9.36. The van der Waals surface area contributed by atoms with Crippen LogP contribution in [0.15, 0.2) is 24.3 Å². The van der Waals surface area contributed by atoms with Crippen LogP contribution in [0.3, 0.4) is 0 Å². The van der Waals surface area contributed by atoms with Crippen molar-refractivity contribution in [2.45, 2.75) is 44.2 Å². The number of nitrogens with two attached hydrogens (primary N) is 1. The fourth-order valence-electron chi connectivity index (χ4n) is 4.76. The normalized spacial score (nSPS) is 26.6. The predicted molar refractivity (Wildman–Crippen MR) is 113 cm³/mol. The summed E-state index contributed by atoms with van der Waals surface area (Å²) in [6.45, 7) is 2.34. The molecule has 0 spiro atoms. The quantitative estimate of drug-likeness (QED) is 0.326. The Labute approximate surface area is 185 Å². The van der Waals surface area contributed by atoms with Crippen molar-refractivity contribution in [3.8, 4) is 6.07 Å². The number of fused-ring (bicyclic) bond motifs is 1. The van der Waals surface area contributed by atoms with Crippen molar-refractivity contribution >= 4 is 23.8 Å². The highest BCUT2D eigenvalue weighted by molar-refractivity contribution is 6.09. The molecule has 2 fully saturated rings. The van der Waals surface area contributed by atoms with Crippen LogP contribution in [0.25, 0.3) is 0 Å². The summed E-state index contributed by atoms with van der Waals surface area (Å²) in [5.74, 6) is -4.02. The van der Waals surface area contributed by atoms with Gasteiger partial charge in [0, 0.05) is 19.1 Å². The van der Waals surface area contributed by atoms with E-state index >= 15 is 0 Å². The number of nitriles is 1. The summed E-state index contributed by atoms with van der Waals surface area (Å²) in [6, 6.07) is 7.15. The molecule has 2 aliphatic heterocycles. The molecule has 0 saturated carbocycles. The zero-order chi connectivity index (χ0) is 23.5. The molecule has 5 N–H and O–H groups in total. The van der Waals surface area contributed by atoms with Crippen molar-refractivity contribution < 1.29 is 24.3 Å². The van der Waals surface area contributed by atoms with Gasteiger partial charge in [-0.05, 0) is 37.0 Å². The van der Waals surface area contributed by atoms with Crippen LogP contribution in [0.1, 0.15) is 49.8 Å². The lowest BCUT2D eigenvalue weighted by Gasteiger charge is -2.31. The topological polar surface area (TPSA) is 166 Å². The molecule has 1 aromatic carbocycles. The first-order valence-corrected chi connectivity index (χ1v) is 10.7. The Kier molecular flexibility index (Phi) is 6.79. The number of imide groups is 1. The maximum absolute atomic E-state index is 13.3. The number of hydrogen-bond donors (Lipinski definition) is 4. The van der Waals surface area contributed by atoms with Crippen molar-refractivity contribution in [3.05, 3.63) is 35.4 Å². The zero-order valence-corrected chi connectivity index (χ0v) is 17.8. The van der Waals surface area contributed by atoms with Gasteiger partial charge < -0.3 is 16.2 Å². The lowest BCUT2D eigenvalue weighted by Crippen LogP contribution is -2.56. The first kappa shape index (κ1) is 23.2. The van der Waals surface area contributed by atoms with Crippen LogP contribution in [-0.4, -0.2) is 52.4 Å². The number of carbonyl (C=O) groups is 4. The molecule has 2 aliphatic rings. The molecule has 10 heteroatoms. The van der Waals surface area contributed by atoms with Gasteiger partial charge in [0.05, 0.1) is 23.5 Å². The number of likely N-dealkylation sites (tertiary alicyclic amines) is 1.